The molecule has 6 heteroatoms. The molecule has 0 unspecified atom stereocenters. The van der Waals surface area contributed by atoms with E-state index in [0.29, 0.717) is 17.9 Å². The number of benzene rings is 2. The first-order valence-corrected chi connectivity index (χ1v) is 8.37. The number of rotatable bonds is 4. The predicted molar refractivity (Wildman–Crippen MR) is 105 cm³/mol. The number of ketones is 1. The highest BCUT2D eigenvalue weighted by molar-refractivity contribution is 5.98. The monoisotopic (exact) mass is 374 g/mol. The van der Waals surface area contributed by atoms with Crippen LogP contribution in [0.3, 0.4) is 0 Å². The van der Waals surface area contributed by atoms with E-state index in [1.165, 1.54) is 6.92 Å². The number of amides is 1. The zero-order chi connectivity index (χ0) is 18.0. The molecule has 0 fully saturated rings. The maximum Gasteiger partial charge on any atom is 0.231 e. The van der Waals surface area contributed by atoms with Gasteiger partial charge in [0.2, 0.25) is 5.91 Å². The van der Waals surface area contributed by atoms with Crippen molar-refractivity contribution < 1.29 is 14.3 Å². The zero-order valence-corrected chi connectivity index (χ0v) is 15.8. The van der Waals surface area contributed by atoms with Gasteiger partial charge in [0, 0.05) is 29.0 Å². The number of halogens is 1. The number of nitrogens with two attached hydrogens (primary N) is 1. The van der Waals surface area contributed by atoms with Crippen LogP contribution >= 0.6 is 12.4 Å². The van der Waals surface area contributed by atoms with E-state index in [2.05, 4.69) is 0 Å². The first-order chi connectivity index (χ1) is 12.0. The van der Waals surface area contributed by atoms with Crippen LogP contribution in [0.15, 0.2) is 36.4 Å². The fourth-order valence-electron chi connectivity index (χ4n) is 3.30. The van der Waals surface area contributed by atoms with Crippen LogP contribution in [0, 0.1) is 0 Å². The van der Waals surface area contributed by atoms with Crippen LogP contribution in [0.2, 0.25) is 0 Å². The Kier molecular flexibility index (Phi) is 6.27. The van der Waals surface area contributed by atoms with Gasteiger partial charge in [-0.15, -0.1) is 12.4 Å². The van der Waals surface area contributed by atoms with Gasteiger partial charge in [-0.2, -0.15) is 0 Å². The van der Waals surface area contributed by atoms with Crippen LogP contribution in [-0.4, -0.2) is 25.3 Å². The minimum Gasteiger partial charge on any atom is -0.496 e. The largest absolute Gasteiger partial charge is 0.496 e. The van der Waals surface area contributed by atoms with Crippen molar-refractivity contribution in [3.8, 4) is 5.75 Å². The number of hydrogen-bond donors (Lipinski definition) is 1. The molecule has 0 spiro atoms. The second-order valence-corrected chi connectivity index (χ2v) is 6.25. The molecular weight excluding hydrogens is 352 g/mol. The highest BCUT2D eigenvalue weighted by Crippen LogP contribution is 2.32. The Morgan fingerprint density at radius 3 is 2.69 bits per heavy atom. The molecule has 2 N–H and O–H groups in total. The van der Waals surface area contributed by atoms with E-state index in [4.69, 9.17) is 10.5 Å². The fraction of sp³-hybridized carbons (Fsp3) is 0.300. The number of Topliss-reactive ketones (excluding diaryl/α,β-unsaturated/α-hetero) is 1. The molecule has 1 heterocycles. The molecule has 1 aliphatic heterocycles. The van der Waals surface area contributed by atoms with Crippen molar-refractivity contribution in [3.05, 3.63) is 53.1 Å². The van der Waals surface area contributed by atoms with E-state index in [0.717, 1.165) is 35.3 Å². The van der Waals surface area contributed by atoms with Crippen LogP contribution < -0.4 is 15.4 Å². The zero-order valence-electron chi connectivity index (χ0n) is 15.0. The van der Waals surface area contributed by atoms with Crippen LogP contribution in [0.5, 0.6) is 5.75 Å². The lowest BCUT2D eigenvalue weighted by Gasteiger charge is -2.30. The molecule has 0 aliphatic carbocycles. The normalized spacial score (nSPS) is 12.8. The summed E-state index contributed by atoms with van der Waals surface area (Å²) in [6.45, 7) is 2.18. The molecule has 1 aliphatic rings. The topological polar surface area (TPSA) is 72.6 Å². The summed E-state index contributed by atoms with van der Waals surface area (Å²) < 4.78 is 5.35. The SMILES string of the molecule is COc1ccc(C(C)=O)cc1CC(=O)N1CCCc2c(N)cccc21.Cl. The third-order valence-corrected chi connectivity index (χ3v) is 4.62. The molecule has 1 amide bonds. The van der Waals surface area contributed by atoms with Crippen LogP contribution in [0.25, 0.3) is 0 Å². The molecular formula is C20H23ClN2O3. The van der Waals surface area contributed by atoms with Gasteiger partial charge in [0.25, 0.3) is 0 Å². The Morgan fingerprint density at radius 1 is 1.23 bits per heavy atom. The lowest BCUT2D eigenvalue weighted by atomic mass is 9.98. The molecule has 2 aromatic carbocycles. The van der Waals surface area contributed by atoms with Crippen molar-refractivity contribution in [2.45, 2.75) is 26.2 Å². The molecule has 3 rings (SSSR count). The van der Waals surface area contributed by atoms with Crippen LogP contribution in [-0.2, 0) is 17.6 Å². The van der Waals surface area contributed by atoms with Crippen LogP contribution in [0.4, 0.5) is 11.4 Å². The van der Waals surface area contributed by atoms with E-state index >= 15 is 0 Å². The van der Waals surface area contributed by atoms with Crippen molar-refractivity contribution in [1.29, 1.82) is 0 Å². The van der Waals surface area contributed by atoms with Gasteiger partial charge in [-0.25, -0.2) is 0 Å². The maximum absolute atomic E-state index is 12.9. The number of hydrogen-bond acceptors (Lipinski definition) is 4. The standard InChI is InChI=1S/C20H22N2O3.ClH/c1-13(23)14-8-9-19(25-2)15(11-14)12-20(24)22-10-4-5-16-17(21)6-3-7-18(16)22;/h3,6-9,11H,4-5,10,12,21H2,1-2H3;1H. The van der Waals surface area contributed by atoms with E-state index in [1.807, 2.05) is 18.2 Å². The third kappa shape index (κ3) is 3.83. The molecule has 26 heavy (non-hydrogen) atoms. The molecule has 138 valence electrons. The van der Waals surface area contributed by atoms with Crippen molar-refractivity contribution >= 4 is 35.5 Å². The highest BCUT2D eigenvalue weighted by Gasteiger charge is 2.24. The molecule has 0 aromatic heterocycles. The molecule has 0 bridgehead atoms. The number of nitrogens with zero attached hydrogens (tertiary/aromatic N) is 1. The smallest absolute Gasteiger partial charge is 0.231 e. The maximum atomic E-state index is 12.9. The van der Waals surface area contributed by atoms with E-state index in [9.17, 15) is 9.59 Å². The summed E-state index contributed by atoms with van der Waals surface area (Å²) in [5.41, 5.74) is 10.0. The fourth-order valence-corrected chi connectivity index (χ4v) is 3.30. The van der Waals surface area contributed by atoms with Crippen molar-refractivity contribution in [2.24, 2.45) is 0 Å². The quantitative estimate of drug-likeness (QED) is 0.657. The van der Waals surface area contributed by atoms with Gasteiger partial charge in [-0.1, -0.05) is 6.07 Å². The predicted octanol–water partition coefficient (Wildman–Crippen LogP) is 3.42. The Balaban J connectivity index is 0.00000243. The average Bonchev–Trinajstić information content (AvgIpc) is 2.61. The summed E-state index contributed by atoms with van der Waals surface area (Å²) in [5.74, 6) is 0.557. The second-order valence-electron chi connectivity index (χ2n) is 6.25. The lowest BCUT2D eigenvalue weighted by Crippen LogP contribution is -2.36. The van der Waals surface area contributed by atoms with Gasteiger partial charge in [0.1, 0.15) is 5.75 Å². The first kappa shape index (κ1) is 19.8. The minimum absolute atomic E-state index is 0. The number of ether oxygens (including phenoxy) is 1. The number of nitrogen functional groups attached to an aromatic ring is 1. The van der Waals surface area contributed by atoms with E-state index in [-0.39, 0.29) is 30.5 Å². The summed E-state index contributed by atoms with van der Waals surface area (Å²) in [5, 5.41) is 0. The Morgan fingerprint density at radius 2 is 2.00 bits per heavy atom. The number of fused-ring (bicyclic) bond motifs is 1. The van der Waals surface area contributed by atoms with Crippen molar-refractivity contribution in [3.63, 3.8) is 0 Å². The number of anilines is 2. The molecule has 0 radical (unpaired) electrons. The molecule has 0 atom stereocenters. The van der Waals surface area contributed by atoms with Gasteiger partial charge in [0.05, 0.1) is 13.5 Å². The number of carbonyl (C=O) groups excluding carboxylic acids is 2. The molecule has 0 saturated carbocycles. The number of carbonyl (C=O) groups is 2. The summed E-state index contributed by atoms with van der Waals surface area (Å²) in [6, 6.07) is 10.9. The van der Waals surface area contributed by atoms with E-state index < -0.39 is 0 Å². The number of methoxy groups -OCH3 is 1. The Hall–Kier alpha value is -2.53. The lowest BCUT2D eigenvalue weighted by molar-refractivity contribution is -0.118. The van der Waals surface area contributed by atoms with Gasteiger partial charge >= 0.3 is 0 Å². The summed E-state index contributed by atoms with van der Waals surface area (Å²) >= 11 is 0. The van der Waals surface area contributed by atoms with Gasteiger partial charge < -0.3 is 15.4 Å². The summed E-state index contributed by atoms with van der Waals surface area (Å²) in [7, 11) is 1.56. The summed E-state index contributed by atoms with van der Waals surface area (Å²) in [6.07, 6.45) is 1.95. The first-order valence-electron chi connectivity index (χ1n) is 8.37. The van der Waals surface area contributed by atoms with Gasteiger partial charge in [0.15, 0.2) is 5.78 Å². The summed E-state index contributed by atoms with van der Waals surface area (Å²) in [4.78, 5) is 26.4. The van der Waals surface area contributed by atoms with Crippen molar-refractivity contribution in [1.82, 2.24) is 0 Å². The minimum atomic E-state index is -0.0348. The molecule has 2 aromatic rings. The average molecular weight is 375 g/mol. The van der Waals surface area contributed by atoms with Gasteiger partial charge in [-0.05, 0) is 55.7 Å². The van der Waals surface area contributed by atoms with Crippen LogP contribution in [0.1, 0.15) is 34.8 Å². The second kappa shape index (κ2) is 8.23. The van der Waals surface area contributed by atoms with E-state index in [1.54, 1.807) is 30.2 Å². The highest BCUT2D eigenvalue weighted by atomic mass is 35.5. The van der Waals surface area contributed by atoms with Crippen molar-refractivity contribution in [2.75, 3.05) is 24.3 Å². The Bertz CT molecular complexity index is 836. The Labute approximate surface area is 159 Å². The van der Waals surface area contributed by atoms with Gasteiger partial charge in [-0.3, -0.25) is 9.59 Å². The molecule has 0 saturated heterocycles. The molecule has 5 nitrogen and oxygen atoms in total. The third-order valence-electron chi connectivity index (χ3n) is 4.62.